The van der Waals surface area contributed by atoms with E-state index >= 15 is 0 Å². The van der Waals surface area contributed by atoms with E-state index in [-0.39, 0.29) is 5.75 Å². The van der Waals surface area contributed by atoms with Crippen molar-refractivity contribution in [2.24, 2.45) is 0 Å². The molecule has 1 aliphatic rings. The van der Waals surface area contributed by atoms with Crippen molar-refractivity contribution in [1.82, 2.24) is 4.98 Å². The Balaban J connectivity index is 1.88. The molecule has 0 amide bonds. The summed E-state index contributed by atoms with van der Waals surface area (Å²) in [6.07, 6.45) is -4.10. The number of benzene rings is 1. The maximum atomic E-state index is 12.3. The minimum atomic E-state index is -4.75. The second-order valence-corrected chi connectivity index (χ2v) is 5.95. The highest BCUT2D eigenvalue weighted by molar-refractivity contribution is 5.37. The maximum absolute atomic E-state index is 12.3. The second kappa shape index (κ2) is 6.07. The van der Waals surface area contributed by atoms with Gasteiger partial charge in [0.15, 0.2) is 0 Å². The zero-order valence-electron chi connectivity index (χ0n) is 12.6. The largest absolute Gasteiger partial charge is 0.573 e. The first-order chi connectivity index (χ1) is 11.3. The first-order valence-electron chi connectivity index (χ1n) is 7.43. The van der Waals surface area contributed by atoms with Gasteiger partial charge >= 0.3 is 6.36 Å². The highest BCUT2D eigenvalue weighted by atomic mass is 19.4. The Morgan fingerprint density at radius 1 is 1.12 bits per heavy atom. The van der Waals surface area contributed by atoms with Crippen LogP contribution < -0.4 is 4.74 Å². The number of pyridine rings is 1. The highest BCUT2D eigenvalue weighted by Gasteiger charge is 2.51. The van der Waals surface area contributed by atoms with Crippen molar-refractivity contribution in [3.05, 3.63) is 59.9 Å². The molecule has 1 atom stereocenters. The lowest BCUT2D eigenvalue weighted by Gasteiger charge is -2.48. The molecule has 1 fully saturated rings. The third kappa shape index (κ3) is 3.22. The van der Waals surface area contributed by atoms with Crippen molar-refractivity contribution in [3.63, 3.8) is 0 Å². The van der Waals surface area contributed by atoms with Gasteiger partial charge in [-0.2, -0.15) is 0 Å². The lowest BCUT2D eigenvalue weighted by Crippen LogP contribution is -2.49. The molecular weight excluding hydrogens is 323 g/mol. The van der Waals surface area contributed by atoms with Crippen molar-refractivity contribution in [1.29, 1.82) is 0 Å². The van der Waals surface area contributed by atoms with Crippen molar-refractivity contribution in [2.45, 2.75) is 36.8 Å². The summed E-state index contributed by atoms with van der Waals surface area (Å²) in [5.74, 6) is -0.325. The molecule has 4 nitrogen and oxygen atoms in total. The van der Waals surface area contributed by atoms with Gasteiger partial charge < -0.3 is 14.9 Å². The van der Waals surface area contributed by atoms with E-state index in [0.29, 0.717) is 24.1 Å². The summed E-state index contributed by atoms with van der Waals surface area (Å²) >= 11 is 0. The van der Waals surface area contributed by atoms with E-state index in [4.69, 9.17) is 0 Å². The summed E-state index contributed by atoms with van der Waals surface area (Å²) in [6.45, 7) is 0. The van der Waals surface area contributed by atoms with Gasteiger partial charge in [-0.1, -0.05) is 18.2 Å². The fourth-order valence-corrected chi connectivity index (χ4v) is 3.21. The van der Waals surface area contributed by atoms with Crippen LogP contribution in [-0.2, 0) is 5.41 Å². The first-order valence-corrected chi connectivity index (χ1v) is 7.43. The number of alkyl halides is 3. The summed E-state index contributed by atoms with van der Waals surface area (Å²) in [6, 6.07) is 10.5. The van der Waals surface area contributed by atoms with Crippen LogP contribution in [-0.4, -0.2) is 27.7 Å². The molecule has 2 aromatic rings. The molecule has 128 valence electrons. The Hall–Kier alpha value is -2.12. The normalized spacial score (nSPS) is 25.0. The Bertz CT molecular complexity index is 682. The van der Waals surface area contributed by atoms with Crippen molar-refractivity contribution >= 4 is 0 Å². The molecule has 1 aromatic heterocycles. The summed E-state index contributed by atoms with van der Waals surface area (Å²) < 4.78 is 40.6. The van der Waals surface area contributed by atoms with Crippen molar-refractivity contribution in [2.75, 3.05) is 0 Å². The molecule has 0 saturated heterocycles. The molecule has 24 heavy (non-hydrogen) atoms. The zero-order chi connectivity index (χ0) is 17.4. The fraction of sp³-hybridized carbons (Fsp3) is 0.353. The van der Waals surface area contributed by atoms with Gasteiger partial charge in [0.1, 0.15) is 11.9 Å². The van der Waals surface area contributed by atoms with Gasteiger partial charge in [-0.05, 0) is 42.7 Å². The Kier molecular flexibility index (Phi) is 4.23. The topological polar surface area (TPSA) is 62.6 Å². The minimum absolute atomic E-state index is 0.310. The predicted octanol–water partition coefficient (Wildman–Crippen LogP) is 3.11. The number of rotatable bonds is 4. The minimum Gasteiger partial charge on any atom is -0.406 e. The van der Waals surface area contributed by atoms with Crippen LogP contribution in [0, 0.1) is 0 Å². The average Bonchev–Trinajstić information content (AvgIpc) is 2.51. The van der Waals surface area contributed by atoms with Gasteiger partial charge in [0.05, 0.1) is 11.8 Å². The Morgan fingerprint density at radius 3 is 2.29 bits per heavy atom. The molecule has 1 aliphatic carbocycles. The number of halogens is 3. The number of aliphatic hydroxyl groups excluding tert-OH is 2. The number of nitrogens with zero attached hydrogens (tertiary/aromatic N) is 1. The Labute approximate surface area is 136 Å². The lowest BCUT2D eigenvalue weighted by atomic mass is 9.59. The van der Waals surface area contributed by atoms with Gasteiger partial charge in [-0.3, -0.25) is 4.98 Å². The third-order valence-electron chi connectivity index (χ3n) is 4.35. The quantitative estimate of drug-likeness (QED) is 0.898. The van der Waals surface area contributed by atoms with Crippen LogP contribution in [0.25, 0.3) is 0 Å². The van der Waals surface area contributed by atoms with E-state index in [1.807, 2.05) is 0 Å². The van der Waals surface area contributed by atoms with Crippen LogP contribution in [0.4, 0.5) is 13.2 Å². The van der Waals surface area contributed by atoms with Gasteiger partial charge in [0.2, 0.25) is 0 Å². The molecule has 0 spiro atoms. The maximum Gasteiger partial charge on any atom is 0.573 e. The van der Waals surface area contributed by atoms with Crippen LogP contribution in [0.15, 0.2) is 48.7 Å². The van der Waals surface area contributed by atoms with E-state index in [0.717, 1.165) is 0 Å². The first kappa shape index (κ1) is 16.7. The SMILES string of the molecule is O[C@H](c1ccccn1)[C@]1(c2ccc(OC(F)(F)F)cc2)C[C@H](O)C1. The lowest BCUT2D eigenvalue weighted by molar-refractivity contribution is -0.274. The van der Waals surface area contributed by atoms with Gasteiger partial charge in [-0.15, -0.1) is 13.2 Å². The van der Waals surface area contributed by atoms with Crippen LogP contribution in [0.1, 0.15) is 30.2 Å². The summed E-state index contributed by atoms with van der Waals surface area (Å²) in [5, 5.41) is 20.5. The second-order valence-electron chi connectivity index (χ2n) is 5.95. The summed E-state index contributed by atoms with van der Waals surface area (Å²) in [4.78, 5) is 4.14. The van der Waals surface area contributed by atoms with E-state index in [2.05, 4.69) is 9.72 Å². The third-order valence-corrected chi connectivity index (χ3v) is 4.35. The molecule has 2 N–H and O–H groups in total. The summed E-state index contributed by atoms with van der Waals surface area (Å²) in [5.41, 5.74) is 0.324. The molecule has 7 heteroatoms. The van der Waals surface area contributed by atoms with Crippen molar-refractivity contribution in [3.8, 4) is 5.75 Å². The monoisotopic (exact) mass is 339 g/mol. The van der Waals surface area contributed by atoms with Gasteiger partial charge in [0.25, 0.3) is 0 Å². The van der Waals surface area contributed by atoms with Gasteiger partial charge in [0, 0.05) is 11.6 Å². The van der Waals surface area contributed by atoms with E-state index in [9.17, 15) is 23.4 Å². The van der Waals surface area contributed by atoms with Gasteiger partial charge in [-0.25, -0.2) is 0 Å². The molecule has 0 unspecified atom stereocenters. The standard InChI is InChI=1S/C17H16F3NO3/c18-17(19,20)24-13-6-4-11(5-7-13)16(9-12(22)10-16)15(23)14-3-1-2-8-21-14/h1-8,12,15,22-23H,9-10H2/t12-,15-,16+/m1/s1. The van der Waals surface area contributed by atoms with Crippen molar-refractivity contribution < 1.29 is 28.1 Å². The molecule has 1 heterocycles. The van der Waals surface area contributed by atoms with Crippen LogP contribution >= 0.6 is 0 Å². The smallest absolute Gasteiger partial charge is 0.406 e. The number of hydrogen-bond donors (Lipinski definition) is 2. The molecule has 1 aromatic carbocycles. The van der Waals surface area contributed by atoms with E-state index in [1.54, 1.807) is 24.4 Å². The van der Waals surface area contributed by atoms with Crippen LogP contribution in [0.3, 0.4) is 0 Å². The molecule has 3 rings (SSSR count). The summed E-state index contributed by atoms with van der Waals surface area (Å²) in [7, 11) is 0. The van der Waals surface area contributed by atoms with E-state index < -0.39 is 24.0 Å². The Morgan fingerprint density at radius 2 is 1.79 bits per heavy atom. The zero-order valence-corrected chi connectivity index (χ0v) is 12.6. The number of hydrogen-bond acceptors (Lipinski definition) is 4. The molecule has 0 aliphatic heterocycles. The van der Waals surface area contributed by atoms with Crippen LogP contribution in [0.2, 0.25) is 0 Å². The number of ether oxygens (including phenoxy) is 1. The molecule has 1 saturated carbocycles. The predicted molar refractivity (Wildman–Crippen MR) is 79.2 cm³/mol. The number of aliphatic hydroxyl groups is 2. The number of aromatic nitrogens is 1. The molecule has 0 bridgehead atoms. The fourth-order valence-electron chi connectivity index (χ4n) is 3.21. The van der Waals surface area contributed by atoms with Crippen LogP contribution in [0.5, 0.6) is 5.75 Å². The molecule has 0 radical (unpaired) electrons. The highest BCUT2D eigenvalue weighted by Crippen LogP contribution is 2.52. The van der Waals surface area contributed by atoms with E-state index in [1.165, 1.54) is 24.3 Å². The molecular formula is C17H16F3NO3. The average molecular weight is 339 g/mol.